The average Bonchev–Trinajstić information content (AvgIpc) is 2.86. The molecule has 0 saturated heterocycles. The molecule has 21 heavy (non-hydrogen) atoms. The molecule has 0 fully saturated rings. The highest BCUT2D eigenvalue weighted by atomic mass is 32.1. The first-order chi connectivity index (χ1) is 10.0. The Morgan fingerprint density at radius 3 is 2.33 bits per heavy atom. The number of hydrogen-bond acceptors (Lipinski definition) is 3. The summed E-state index contributed by atoms with van der Waals surface area (Å²) < 4.78 is 0. The molecule has 0 aliphatic rings. The van der Waals surface area contributed by atoms with Crippen molar-refractivity contribution >= 4 is 11.3 Å². The Hall–Kier alpha value is -1.16. The molecule has 0 radical (unpaired) electrons. The van der Waals surface area contributed by atoms with Crippen LogP contribution in [0, 0.1) is 6.92 Å². The first-order valence-electron chi connectivity index (χ1n) is 7.58. The van der Waals surface area contributed by atoms with Crippen molar-refractivity contribution < 1.29 is 0 Å². The third-order valence-corrected chi connectivity index (χ3v) is 4.47. The fraction of sp³-hybridized carbons (Fsp3) is 0.444. The molecule has 1 aromatic carbocycles. The van der Waals surface area contributed by atoms with Crippen LogP contribution in [0.1, 0.15) is 34.7 Å². The van der Waals surface area contributed by atoms with E-state index in [1.54, 1.807) is 0 Å². The predicted molar refractivity (Wildman–Crippen MR) is 92.6 cm³/mol. The van der Waals surface area contributed by atoms with E-state index in [4.69, 9.17) is 0 Å². The molecule has 0 bridgehead atoms. The van der Waals surface area contributed by atoms with Crippen molar-refractivity contribution in [3.8, 4) is 0 Å². The second-order valence-corrected chi connectivity index (χ2v) is 7.31. The van der Waals surface area contributed by atoms with Crippen LogP contribution in [0.4, 0.5) is 0 Å². The lowest BCUT2D eigenvalue weighted by molar-refractivity contribution is 0.322. The molecule has 0 unspecified atom stereocenters. The van der Waals surface area contributed by atoms with Gasteiger partial charge >= 0.3 is 0 Å². The Kier molecular flexibility index (Phi) is 5.97. The molecular weight excluding hydrogens is 276 g/mol. The van der Waals surface area contributed by atoms with E-state index in [9.17, 15) is 0 Å². The number of rotatable bonds is 7. The Labute approximate surface area is 132 Å². The number of hydrogen-bond donors (Lipinski definition) is 1. The van der Waals surface area contributed by atoms with Gasteiger partial charge in [0.2, 0.25) is 0 Å². The maximum atomic E-state index is 3.47. The van der Waals surface area contributed by atoms with Crippen molar-refractivity contribution in [2.45, 2.75) is 46.4 Å². The van der Waals surface area contributed by atoms with E-state index in [-0.39, 0.29) is 0 Å². The van der Waals surface area contributed by atoms with E-state index in [1.807, 2.05) is 11.3 Å². The summed E-state index contributed by atoms with van der Waals surface area (Å²) in [6.45, 7) is 9.49. The maximum Gasteiger partial charge on any atom is 0.0328 e. The number of nitrogens with one attached hydrogen (secondary N) is 1. The van der Waals surface area contributed by atoms with E-state index in [0.29, 0.717) is 6.04 Å². The van der Waals surface area contributed by atoms with Crippen LogP contribution in [0.3, 0.4) is 0 Å². The third kappa shape index (κ3) is 5.62. The number of aryl methyl sites for hydroxylation is 1. The maximum absolute atomic E-state index is 3.47. The van der Waals surface area contributed by atoms with Crippen molar-refractivity contribution in [2.24, 2.45) is 0 Å². The molecule has 0 saturated carbocycles. The number of thiophene rings is 1. The van der Waals surface area contributed by atoms with Crippen LogP contribution in [-0.2, 0) is 19.6 Å². The van der Waals surface area contributed by atoms with Gasteiger partial charge in [0, 0.05) is 35.4 Å². The predicted octanol–water partition coefficient (Wildman–Crippen LogP) is 4.19. The second kappa shape index (κ2) is 7.74. The zero-order valence-corrected chi connectivity index (χ0v) is 14.3. The monoisotopic (exact) mass is 302 g/mol. The summed E-state index contributed by atoms with van der Waals surface area (Å²) in [5.74, 6) is 0. The lowest BCUT2D eigenvalue weighted by Crippen LogP contribution is -2.21. The van der Waals surface area contributed by atoms with Gasteiger partial charge in [0.25, 0.3) is 0 Å². The van der Waals surface area contributed by atoms with Crippen LogP contribution < -0.4 is 5.32 Å². The number of nitrogens with zero attached hydrogens (tertiary/aromatic N) is 1. The lowest BCUT2D eigenvalue weighted by Gasteiger charge is -2.15. The van der Waals surface area contributed by atoms with Gasteiger partial charge in [-0.05, 0) is 31.7 Å². The van der Waals surface area contributed by atoms with Gasteiger partial charge in [0.05, 0.1) is 0 Å². The van der Waals surface area contributed by atoms with E-state index in [2.05, 4.69) is 74.4 Å². The van der Waals surface area contributed by atoms with E-state index < -0.39 is 0 Å². The molecule has 1 aromatic heterocycles. The zero-order valence-electron chi connectivity index (χ0n) is 13.5. The Morgan fingerprint density at radius 1 is 1.00 bits per heavy atom. The molecule has 0 aliphatic heterocycles. The van der Waals surface area contributed by atoms with Crippen molar-refractivity contribution in [1.82, 2.24) is 10.2 Å². The van der Waals surface area contributed by atoms with E-state index in [0.717, 1.165) is 19.6 Å². The number of benzene rings is 1. The molecule has 0 amide bonds. The molecule has 2 rings (SSSR count). The van der Waals surface area contributed by atoms with Crippen molar-refractivity contribution in [3.63, 3.8) is 0 Å². The summed E-state index contributed by atoms with van der Waals surface area (Å²) in [4.78, 5) is 5.23. The largest absolute Gasteiger partial charge is 0.310 e. The Balaban J connectivity index is 1.84. The Bertz CT molecular complexity index is 543. The topological polar surface area (TPSA) is 15.3 Å². The van der Waals surface area contributed by atoms with Crippen LogP contribution in [0.15, 0.2) is 36.4 Å². The molecule has 2 aromatic rings. The van der Waals surface area contributed by atoms with Crippen molar-refractivity contribution in [2.75, 3.05) is 7.05 Å². The third-order valence-electron chi connectivity index (χ3n) is 3.40. The smallest absolute Gasteiger partial charge is 0.0328 e. The SMILES string of the molecule is Cc1ccc(CN(C)Cc2ccc(CNC(C)C)s2)cc1. The molecule has 0 atom stereocenters. The minimum atomic E-state index is 0.541. The van der Waals surface area contributed by atoms with Gasteiger partial charge in [-0.1, -0.05) is 43.7 Å². The fourth-order valence-electron chi connectivity index (χ4n) is 2.23. The highest BCUT2D eigenvalue weighted by Gasteiger charge is 2.05. The molecule has 1 heterocycles. The first kappa shape index (κ1) is 16.2. The molecular formula is C18H26N2S. The summed E-state index contributed by atoms with van der Waals surface area (Å²) in [6, 6.07) is 13.9. The summed E-state index contributed by atoms with van der Waals surface area (Å²) in [5.41, 5.74) is 2.70. The van der Waals surface area contributed by atoms with Gasteiger partial charge in [0.15, 0.2) is 0 Å². The molecule has 114 valence electrons. The molecule has 3 heteroatoms. The van der Waals surface area contributed by atoms with E-state index >= 15 is 0 Å². The second-order valence-electron chi connectivity index (χ2n) is 6.06. The summed E-state index contributed by atoms with van der Waals surface area (Å²) in [6.07, 6.45) is 0. The van der Waals surface area contributed by atoms with Crippen LogP contribution >= 0.6 is 11.3 Å². The molecule has 0 spiro atoms. The minimum Gasteiger partial charge on any atom is -0.310 e. The summed E-state index contributed by atoms with van der Waals surface area (Å²) in [7, 11) is 2.19. The lowest BCUT2D eigenvalue weighted by atomic mass is 10.1. The normalized spacial score (nSPS) is 11.5. The average molecular weight is 302 g/mol. The van der Waals surface area contributed by atoms with Gasteiger partial charge in [-0.3, -0.25) is 4.90 Å². The quantitative estimate of drug-likeness (QED) is 0.825. The minimum absolute atomic E-state index is 0.541. The fourth-order valence-corrected chi connectivity index (χ4v) is 3.28. The zero-order chi connectivity index (χ0) is 15.2. The van der Waals surface area contributed by atoms with Gasteiger partial charge in [-0.2, -0.15) is 0 Å². The van der Waals surface area contributed by atoms with Gasteiger partial charge in [0.1, 0.15) is 0 Å². The standard InChI is InChI=1S/C18H26N2S/c1-14(2)19-11-17-9-10-18(21-17)13-20(4)12-16-7-5-15(3)6-8-16/h5-10,14,19H,11-13H2,1-4H3. The molecule has 0 aliphatic carbocycles. The van der Waals surface area contributed by atoms with Gasteiger partial charge < -0.3 is 5.32 Å². The summed E-state index contributed by atoms with van der Waals surface area (Å²) >= 11 is 1.91. The molecule has 1 N–H and O–H groups in total. The van der Waals surface area contributed by atoms with E-state index in [1.165, 1.54) is 20.9 Å². The van der Waals surface area contributed by atoms with Crippen molar-refractivity contribution in [3.05, 3.63) is 57.3 Å². The van der Waals surface area contributed by atoms with Gasteiger partial charge in [-0.15, -0.1) is 11.3 Å². The highest BCUT2D eigenvalue weighted by molar-refractivity contribution is 7.11. The van der Waals surface area contributed by atoms with Crippen LogP contribution in [0.25, 0.3) is 0 Å². The van der Waals surface area contributed by atoms with Crippen LogP contribution in [-0.4, -0.2) is 18.0 Å². The van der Waals surface area contributed by atoms with Crippen LogP contribution in [0.2, 0.25) is 0 Å². The first-order valence-corrected chi connectivity index (χ1v) is 8.39. The van der Waals surface area contributed by atoms with Gasteiger partial charge in [-0.25, -0.2) is 0 Å². The van der Waals surface area contributed by atoms with Crippen molar-refractivity contribution in [1.29, 1.82) is 0 Å². The highest BCUT2D eigenvalue weighted by Crippen LogP contribution is 2.19. The van der Waals surface area contributed by atoms with Crippen LogP contribution in [0.5, 0.6) is 0 Å². The Morgan fingerprint density at radius 2 is 1.67 bits per heavy atom. The molecule has 2 nitrogen and oxygen atoms in total. The summed E-state index contributed by atoms with van der Waals surface area (Å²) in [5, 5.41) is 3.47.